The number of hydrogen-bond acceptors (Lipinski definition) is 4. The van der Waals surface area contributed by atoms with Gasteiger partial charge in [-0.25, -0.2) is 18.1 Å². The number of rotatable bonds is 11. The van der Waals surface area contributed by atoms with E-state index < -0.39 is 10.0 Å². The monoisotopic (exact) mass is 548 g/mol. The molecule has 30 heavy (non-hydrogen) atoms. The fourth-order valence-electron chi connectivity index (χ4n) is 2.84. The number of sulfonamides is 1. The topological polar surface area (TPSA) is 100 Å². The molecule has 1 aromatic heterocycles. The first-order chi connectivity index (χ1) is 13.9. The maximum atomic E-state index is 12.3. The van der Waals surface area contributed by atoms with Crippen LogP contribution in [0.25, 0.3) is 0 Å². The number of halogens is 1. The molecule has 0 amide bonds. The van der Waals surface area contributed by atoms with Gasteiger partial charge in [0.25, 0.3) is 0 Å². The predicted molar refractivity (Wildman–Crippen MR) is 132 cm³/mol. The van der Waals surface area contributed by atoms with Crippen LogP contribution in [0, 0.1) is 0 Å². The first kappa shape index (κ1) is 26.4. The Morgan fingerprint density at radius 1 is 1.17 bits per heavy atom. The molecule has 0 unspecified atom stereocenters. The maximum absolute atomic E-state index is 12.3. The van der Waals surface area contributed by atoms with Gasteiger partial charge < -0.3 is 10.6 Å². The summed E-state index contributed by atoms with van der Waals surface area (Å²) in [6.45, 7) is 8.40. The van der Waals surface area contributed by atoms with Crippen molar-refractivity contribution in [1.82, 2.24) is 25.1 Å². The third-order valence-corrected chi connectivity index (χ3v) is 5.57. The second-order valence-electron chi connectivity index (χ2n) is 7.04. The number of hydrogen-bond donors (Lipinski definition) is 3. The van der Waals surface area contributed by atoms with Crippen LogP contribution in [0.4, 0.5) is 0 Å². The molecule has 2 rings (SSSR count). The molecule has 3 N–H and O–H groups in total. The van der Waals surface area contributed by atoms with Crippen LogP contribution in [0.3, 0.4) is 0 Å². The predicted octanol–water partition coefficient (Wildman–Crippen LogP) is 2.47. The van der Waals surface area contributed by atoms with Crippen molar-refractivity contribution in [2.75, 3.05) is 13.1 Å². The zero-order valence-electron chi connectivity index (χ0n) is 17.8. The lowest BCUT2D eigenvalue weighted by Gasteiger charge is -2.14. The Hall–Kier alpha value is -1.66. The number of guanidine groups is 1. The molecule has 0 saturated carbocycles. The SMILES string of the molecule is CCNC(=NCc1ccccc1CS(=O)(=O)NC(C)C)NCCCn1cccn1.I. The standard InChI is InChI=1S/C20H32N6O2S.HI/c1-4-21-20(22-11-7-13-26-14-8-12-24-26)23-15-18-9-5-6-10-19(18)16-29(27,28)25-17(2)3;/h5-6,8-10,12,14,17,25H,4,7,11,13,15-16H2,1-3H3,(H2,21,22,23);1H. The molecule has 10 heteroatoms. The van der Waals surface area contributed by atoms with E-state index in [0.29, 0.717) is 12.5 Å². The van der Waals surface area contributed by atoms with E-state index in [0.717, 1.165) is 37.2 Å². The Kier molecular flexibility index (Phi) is 12.0. The van der Waals surface area contributed by atoms with E-state index in [1.54, 1.807) is 6.20 Å². The normalized spacial score (nSPS) is 11.9. The molecular formula is C20H33IN6O2S. The van der Waals surface area contributed by atoms with Crippen molar-refractivity contribution in [3.63, 3.8) is 0 Å². The van der Waals surface area contributed by atoms with Crippen molar-refractivity contribution in [2.45, 2.75) is 52.1 Å². The van der Waals surface area contributed by atoms with Gasteiger partial charge >= 0.3 is 0 Å². The minimum absolute atomic E-state index is 0. The molecule has 0 aliphatic rings. The third kappa shape index (κ3) is 9.90. The lowest BCUT2D eigenvalue weighted by atomic mass is 10.1. The zero-order chi connectivity index (χ0) is 21.1. The molecule has 0 aliphatic heterocycles. The van der Waals surface area contributed by atoms with Gasteiger partial charge in [-0.3, -0.25) is 4.68 Å². The number of benzene rings is 1. The first-order valence-corrected chi connectivity index (χ1v) is 11.6. The number of aliphatic imine (C=N–C) groups is 1. The Labute approximate surface area is 197 Å². The van der Waals surface area contributed by atoms with E-state index in [1.165, 1.54) is 0 Å². The average molecular weight is 548 g/mol. The molecule has 0 radical (unpaired) electrons. The molecule has 0 spiro atoms. The number of nitrogens with zero attached hydrogens (tertiary/aromatic N) is 3. The van der Waals surface area contributed by atoms with E-state index in [2.05, 4.69) is 25.4 Å². The molecule has 0 fully saturated rings. The summed E-state index contributed by atoms with van der Waals surface area (Å²) in [6.07, 6.45) is 4.63. The summed E-state index contributed by atoms with van der Waals surface area (Å²) >= 11 is 0. The van der Waals surface area contributed by atoms with E-state index in [1.807, 2.05) is 62.0 Å². The summed E-state index contributed by atoms with van der Waals surface area (Å²) in [6, 6.07) is 9.30. The molecule has 0 saturated heterocycles. The van der Waals surface area contributed by atoms with Crippen LogP contribution in [-0.4, -0.2) is 43.3 Å². The molecule has 168 valence electrons. The van der Waals surface area contributed by atoms with Crippen molar-refractivity contribution in [3.8, 4) is 0 Å². The van der Waals surface area contributed by atoms with Crippen molar-refractivity contribution in [3.05, 3.63) is 53.9 Å². The van der Waals surface area contributed by atoms with Gasteiger partial charge in [-0.15, -0.1) is 24.0 Å². The smallest absolute Gasteiger partial charge is 0.216 e. The highest BCUT2D eigenvalue weighted by atomic mass is 127. The molecule has 0 atom stereocenters. The summed E-state index contributed by atoms with van der Waals surface area (Å²) in [4.78, 5) is 4.63. The summed E-state index contributed by atoms with van der Waals surface area (Å²) in [7, 11) is -3.38. The summed E-state index contributed by atoms with van der Waals surface area (Å²) in [5.74, 6) is 0.663. The van der Waals surface area contributed by atoms with E-state index in [-0.39, 0.29) is 35.8 Å². The molecule has 1 heterocycles. The molecular weight excluding hydrogens is 515 g/mol. The van der Waals surface area contributed by atoms with Crippen LogP contribution in [-0.2, 0) is 28.9 Å². The minimum atomic E-state index is -3.38. The lowest BCUT2D eigenvalue weighted by Crippen LogP contribution is -2.38. The van der Waals surface area contributed by atoms with Gasteiger partial charge in [-0.2, -0.15) is 5.10 Å². The Bertz CT molecular complexity index is 869. The average Bonchev–Trinajstić information content (AvgIpc) is 3.16. The maximum Gasteiger partial charge on any atom is 0.216 e. The highest BCUT2D eigenvalue weighted by molar-refractivity contribution is 14.0. The third-order valence-electron chi connectivity index (χ3n) is 4.05. The van der Waals surface area contributed by atoms with Gasteiger partial charge in [0.15, 0.2) is 5.96 Å². The van der Waals surface area contributed by atoms with Crippen molar-refractivity contribution >= 4 is 40.0 Å². The van der Waals surface area contributed by atoms with E-state index >= 15 is 0 Å². The summed E-state index contributed by atoms with van der Waals surface area (Å²) in [5, 5.41) is 10.7. The van der Waals surface area contributed by atoms with Gasteiger partial charge in [0.1, 0.15) is 0 Å². The highest BCUT2D eigenvalue weighted by Gasteiger charge is 2.15. The molecule has 0 aliphatic carbocycles. The molecule has 8 nitrogen and oxygen atoms in total. The number of aryl methyl sites for hydroxylation is 1. The van der Waals surface area contributed by atoms with E-state index in [9.17, 15) is 8.42 Å². The fourth-order valence-corrected chi connectivity index (χ4v) is 4.34. The minimum Gasteiger partial charge on any atom is -0.357 e. The fraction of sp³-hybridized carbons (Fsp3) is 0.500. The van der Waals surface area contributed by atoms with Crippen LogP contribution in [0.1, 0.15) is 38.3 Å². The van der Waals surface area contributed by atoms with Gasteiger partial charge in [0.05, 0.1) is 12.3 Å². The van der Waals surface area contributed by atoms with Crippen molar-refractivity contribution < 1.29 is 8.42 Å². The second kappa shape index (κ2) is 13.6. The largest absolute Gasteiger partial charge is 0.357 e. The van der Waals surface area contributed by atoms with Crippen molar-refractivity contribution in [2.24, 2.45) is 4.99 Å². The summed E-state index contributed by atoms with van der Waals surface area (Å²) < 4.78 is 29.1. The second-order valence-corrected chi connectivity index (χ2v) is 8.80. The van der Waals surface area contributed by atoms with Crippen LogP contribution >= 0.6 is 24.0 Å². The lowest BCUT2D eigenvalue weighted by molar-refractivity contribution is 0.568. The summed E-state index contributed by atoms with van der Waals surface area (Å²) in [5.41, 5.74) is 1.66. The van der Waals surface area contributed by atoms with Gasteiger partial charge in [-0.05, 0) is 44.4 Å². The van der Waals surface area contributed by atoms with Gasteiger partial charge in [0.2, 0.25) is 10.0 Å². The molecule has 1 aromatic carbocycles. The van der Waals surface area contributed by atoms with Crippen LogP contribution < -0.4 is 15.4 Å². The number of nitrogens with one attached hydrogen (secondary N) is 3. The molecule has 0 bridgehead atoms. The Morgan fingerprint density at radius 3 is 2.53 bits per heavy atom. The Balaban J connectivity index is 0.00000450. The zero-order valence-corrected chi connectivity index (χ0v) is 21.0. The van der Waals surface area contributed by atoms with Crippen LogP contribution in [0.2, 0.25) is 0 Å². The number of aromatic nitrogens is 2. The van der Waals surface area contributed by atoms with Gasteiger partial charge in [0, 0.05) is 38.1 Å². The van der Waals surface area contributed by atoms with Crippen LogP contribution in [0.5, 0.6) is 0 Å². The van der Waals surface area contributed by atoms with E-state index in [4.69, 9.17) is 0 Å². The first-order valence-electron chi connectivity index (χ1n) is 9.96. The van der Waals surface area contributed by atoms with Crippen LogP contribution in [0.15, 0.2) is 47.7 Å². The van der Waals surface area contributed by atoms with Gasteiger partial charge in [-0.1, -0.05) is 24.3 Å². The Morgan fingerprint density at radius 2 is 1.90 bits per heavy atom. The van der Waals surface area contributed by atoms with Crippen molar-refractivity contribution in [1.29, 1.82) is 0 Å². The molecule has 2 aromatic rings. The highest BCUT2D eigenvalue weighted by Crippen LogP contribution is 2.13. The quantitative estimate of drug-likeness (QED) is 0.174.